The summed E-state index contributed by atoms with van der Waals surface area (Å²) in [6.45, 7) is 2.39. The average molecular weight is 315 g/mol. The van der Waals surface area contributed by atoms with Crippen molar-refractivity contribution in [3.8, 4) is 11.1 Å². The summed E-state index contributed by atoms with van der Waals surface area (Å²) in [5.74, 6) is 1.48. The lowest BCUT2D eigenvalue weighted by molar-refractivity contribution is 0.490. The molecule has 0 fully saturated rings. The summed E-state index contributed by atoms with van der Waals surface area (Å²) >= 11 is 3.60. The van der Waals surface area contributed by atoms with Gasteiger partial charge in [-0.3, -0.25) is 0 Å². The molecule has 0 saturated heterocycles. The maximum absolute atomic E-state index is 3.60. The molecule has 1 heteroatoms. The van der Waals surface area contributed by atoms with Crippen LogP contribution in [0, 0.1) is 5.92 Å². The molecule has 19 heavy (non-hydrogen) atoms. The molecule has 0 aliphatic heterocycles. The van der Waals surface area contributed by atoms with Crippen molar-refractivity contribution in [2.45, 2.75) is 25.7 Å². The summed E-state index contributed by atoms with van der Waals surface area (Å²) in [4.78, 5) is 0. The van der Waals surface area contributed by atoms with Crippen molar-refractivity contribution in [1.82, 2.24) is 0 Å². The summed E-state index contributed by atoms with van der Waals surface area (Å²) in [5, 5.41) is 1.09. The molecule has 1 aliphatic rings. The number of hydrogen-bond donors (Lipinski definition) is 0. The number of hydrogen-bond acceptors (Lipinski definition) is 0. The molecule has 2 unspecified atom stereocenters. The lowest BCUT2D eigenvalue weighted by Crippen LogP contribution is -2.03. The molecule has 2 aromatic rings. The Morgan fingerprint density at radius 1 is 1.05 bits per heavy atom. The first-order valence-corrected chi connectivity index (χ1v) is 8.16. The van der Waals surface area contributed by atoms with Crippen LogP contribution in [-0.4, -0.2) is 5.33 Å². The maximum atomic E-state index is 3.60. The van der Waals surface area contributed by atoms with Crippen LogP contribution < -0.4 is 0 Å². The first-order chi connectivity index (χ1) is 9.31. The van der Waals surface area contributed by atoms with Gasteiger partial charge in [-0.2, -0.15) is 0 Å². The Kier molecular flexibility index (Phi) is 3.74. The minimum Gasteiger partial charge on any atom is -0.0928 e. The molecule has 2 atom stereocenters. The highest BCUT2D eigenvalue weighted by Gasteiger charge is 2.30. The van der Waals surface area contributed by atoms with Crippen molar-refractivity contribution in [3.63, 3.8) is 0 Å². The number of halogens is 1. The zero-order valence-electron chi connectivity index (χ0n) is 11.3. The number of rotatable bonds is 3. The van der Waals surface area contributed by atoms with E-state index in [9.17, 15) is 0 Å². The number of fused-ring (bicyclic) bond motifs is 1. The molecule has 0 heterocycles. The van der Waals surface area contributed by atoms with E-state index in [0.717, 1.165) is 17.2 Å². The van der Waals surface area contributed by atoms with Gasteiger partial charge in [-0.05, 0) is 46.9 Å². The van der Waals surface area contributed by atoms with Gasteiger partial charge in [0.05, 0.1) is 0 Å². The first-order valence-electron chi connectivity index (χ1n) is 7.04. The van der Waals surface area contributed by atoms with Crippen molar-refractivity contribution < 1.29 is 0 Å². The second kappa shape index (κ2) is 5.50. The summed E-state index contributed by atoms with van der Waals surface area (Å²) < 4.78 is 0. The fourth-order valence-corrected chi connectivity index (χ4v) is 3.89. The molecule has 0 bridgehead atoms. The van der Waals surface area contributed by atoms with E-state index in [-0.39, 0.29) is 0 Å². The molecule has 1 aliphatic carbocycles. The lowest BCUT2D eigenvalue weighted by atomic mass is 9.91. The maximum Gasteiger partial charge on any atom is 0.00372 e. The standard InChI is InChI=1S/C18H19Br/c1-13-12-18-16(14-6-3-2-4-7-14)8-5-9-17(18)15(13)10-11-19/h2-9,13,15H,10-12H2,1H3. The van der Waals surface area contributed by atoms with Gasteiger partial charge in [-0.15, -0.1) is 0 Å². The number of benzene rings is 2. The van der Waals surface area contributed by atoms with Gasteiger partial charge in [-0.1, -0.05) is 71.4 Å². The van der Waals surface area contributed by atoms with Crippen molar-refractivity contribution in [1.29, 1.82) is 0 Å². The van der Waals surface area contributed by atoms with Gasteiger partial charge in [0.2, 0.25) is 0 Å². The monoisotopic (exact) mass is 314 g/mol. The molecule has 0 amide bonds. The Morgan fingerprint density at radius 3 is 2.58 bits per heavy atom. The fourth-order valence-electron chi connectivity index (χ4n) is 3.40. The number of alkyl halides is 1. The van der Waals surface area contributed by atoms with Crippen LogP contribution in [0.15, 0.2) is 48.5 Å². The predicted octanol–water partition coefficient (Wildman–Crippen LogP) is 5.41. The van der Waals surface area contributed by atoms with E-state index in [2.05, 4.69) is 71.4 Å². The summed E-state index contributed by atoms with van der Waals surface area (Å²) in [6, 6.07) is 17.6. The van der Waals surface area contributed by atoms with E-state index in [1.165, 1.54) is 24.0 Å². The molecule has 2 aromatic carbocycles. The fraction of sp³-hybridized carbons (Fsp3) is 0.333. The molecular weight excluding hydrogens is 296 g/mol. The van der Waals surface area contributed by atoms with Crippen LogP contribution in [0.1, 0.15) is 30.4 Å². The third-order valence-electron chi connectivity index (χ3n) is 4.33. The Morgan fingerprint density at radius 2 is 1.84 bits per heavy atom. The van der Waals surface area contributed by atoms with Crippen LogP contribution in [0.5, 0.6) is 0 Å². The van der Waals surface area contributed by atoms with Crippen molar-refractivity contribution in [3.05, 3.63) is 59.7 Å². The molecule has 0 N–H and O–H groups in total. The predicted molar refractivity (Wildman–Crippen MR) is 85.9 cm³/mol. The molecule has 0 radical (unpaired) electrons. The van der Waals surface area contributed by atoms with Crippen LogP contribution in [0.4, 0.5) is 0 Å². The molecule has 0 nitrogen and oxygen atoms in total. The van der Waals surface area contributed by atoms with Gasteiger partial charge in [0.15, 0.2) is 0 Å². The van der Waals surface area contributed by atoms with Crippen LogP contribution in [0.25, 0.3) is 11.1 Å². The van der Waals surface area contributed by atoms with E-state index >= 15 is 0 Å². The van der Waals surface area contributed by atoms with E-state index in [1.54, 1.807) is 11.1 Å². The van der Waals surface area contributed by atoms with Crippen molar-refractivity contribution in [2.24, 2.45) is 5.92 Å². The van der Waals surface area contributed by atoms with Gasteiger partial charge in [0, 0.05) is 5.33 Å². The van der Waals surface area contributed by atoms with Crippen LogP contribution in [0.2, 0.25) is 0 Å². The Balaban J connectivity index is 2.07. The normalized spacial score (nSPS) is 21.4. The van der Waals surface area contributed by atoms with Gasteiger partial charge in [0.25, 0.3) is 0 Å². The Labute approximate surface area is 124 Å². The summed E-state index contributed by atoms with van der Waals surface area (Å²) in [6.07, 6.45) is 2.46. The molecule has 3 rings (SSSR count). The summed E-state index contributed by atoms with van der Waals surface area (Å²) in [7, 11) is 0. The first kappa shape index (κ1) is 12.9. The van der Waals surface area contributed by atoms with E-state index < -0.39 is 0 Å². The van der Waals surface area contributed by atoms with Crippen molar-refractivity contribution >= 4 is 15.9 Å². The smallest absolute Gasteiger partial charge is 0.00372 e. The third kappa shape index (κ3) is 2.36. The molecular formula is C18H19Br. The molecule has 0 saturated carbocycles. The van der Waals surface area contributed by atoms with Crippen LogP contribution in [-0.2, 0) is 6.42 Å². The van der Waals surface area contributed by atoms with Crippen LogP contribution >= 0.6 is 15.9 Å². The Bertz CT molecular complexity index is 559. The largest absolute Gasteiger partial charge is 0.0928 e. The van der Waals surface area contributed by atoms with Gasteiger partial charge in [-0.25, -0.2) is 0 Å². The Hall–Kier alpha value is -1.08. The quantitative estimate of drug-likeness (QED) is 0.664. The zero-order chi connectivity index (χ0) is 13.2. The second-order valence-electron chi connectivity index (χ2n) is 5.50. The van der Waals surface area contributed by atoms with Gasteiger partial charge < -0.3 is 0 Å². The van der Waals surface area contributed by atoms with Gasteiger partial charge in [0.1, 0.15) is 0 Å². The van der Waals surface area contributed by atoms with E-state index in [1.807, 2.05) is 0 Å². The van der Waals surface area contributed by atoms with Gasteiger partial charge >= 0.3 is 0 Å². The second-order valence-corrected chi connectivity index (χ2v) is 6.30. The molecule has 98 valence electrons. The lowest BCUT2D eigenvalue weighted by Gasteiger charge is -2.15. The minimum absolute atomic E-state index is 0.720. The topological polar surface area (TPSA) is 0 Å². The molecule has 0 aromatic heterocycles. The van der Waals surface area contributed by atoms with Crippen molar-refractivity contribution in [2.75, 3.05) is 5.33 Å². The molecule has 0 spiro atoms. The van der Waals surface area contributed by atoms with E-state index in [0.29, 0.717) is 0 Å². The minimum atomic E-state index is 0.720. The zero-order valence-corrected chi connectivity index (χ0v) is 12.9. The van der Waals surface area contributed by atoms with E-state index in [4.69, 9.17) is 0 Å². The highest BCUT2D eigenvalue weighted by molar-refractivity contribution is 9.09. The summed E-state index contributed by atoms with van der Waals surface area (Å²) in [5.41, 5.74) is 5.94. The highest BCUT2D eigenvalue weighted by Crippen LogP contribution is 2.44. The highest BCUT2D eigenvalue weighted by atomic mass is 79.9. The third-order valence-corrected chi connectivity index (χ3v) is 4.79. The SMILES string of the molecule is CC1Cc2c(-c3ccccc3)cccc2C1CCBr. The van der Waals surface area contributed by atoms with Crippen LogP contribution in [0.3, 0.4) is 0 Å². The average Bonchev–Trinajstić information content (AvgIpc) is 2.77.